The standard InChI is InChI=1S/C3H7Cl5N3OP3/c1-3(2)12-15(8)9-13(6)10(4)14(7)11(15)5/h3H,1-2H3. The molecule has 3 atom stereocenters. The molecule has 12 heteroatoms. The quantitative estimate of drug-likeness (QED) is 0.412. The maximum Gasteiger partial charge on any atom is 0.272 e. The summed E-state index contributed by atoms with van der Waals surface area (Å²) in [5.74, 6) is 0. The topological polar surface area (TPSA) is 28.1 Å². The molecule has 0 saturated carbocycles. The summed E-state index contributed by atoms with van der Waals surface area (Å²) in [6, 6.07) is 0. The lowest BCUT2D eigenvalue weighted by molar-refractivity contribution is 0.265. The van der Waals surface area contributed by atoms with Crippen molar-refractivity contribution in [3.63, 3.8) is 0 Å². The van der Waals surface area contributed by atoms with Gasteiger partial charge in [-0.2, -0.15) is 4.52 Å². The second-order valence-electron chi connectivity index (χ2n) is 2.68. The van der Waals surface area contributed by atoms with Crippen molar-refractivity contribution < 1.29 is 4.52 Å². The fraction of sp³-hybridized carbons (Fsp3) is 1.00. The SMILES string of the molecule is CC(C)OP1(Cl)=NP(Cl)N(Cl)P(Cl)N1Cl. The van der Waals surface area contributed by atoms with Gasteiger partial charge >= 0.3 is 0 Å². The number of hydrogen-bond acceptors (Lipinski definition) is 4. The minimum atomic E-state index is -2.80. The van der Waals surface area contributed by atoms with E-state index in [1.165, 1.54) is 3.96 Å². The lowest BCUT2D eigenvalue weighted by Crippen LogP contribution is -2.12. The summed E-state index contributed by atoms with van der Waals surface area (Å²) in [6.45, 7) is 0.851. The van der Waals surface area contributed by atoms with Gasteiger partial charge in [0.2, 0.25) is 7.58 Å². The molecule has 0 radical (unpaired) electrons. The van der Waals surface area contributed by atoms with Crippen LogP contribution in [0.25, 0.3) is 0 Å². The van der Waals surface area contributed by atoms with Crippen LogP contribution in [0, 0.1) is 0 Å². The number of nitrogens with zero attached hydrogens (tertiary/aromatic N) is 3. The monoisotopic (exact) mass is 369 g/mol. The van der Waals surface area contributed by atoms with Crippen LogP contribution in [0.1, 0.15) is 13.8 Å². The Morgan fingerprint density at radius 2 is 1.87 bits per heavy atom. The normalized spacial score (nSPS) is 39.5. The fourth-order valence-electron chi connectivity index (χ4n) is 0.698. The Bertz CT molecular complexity index is 292. The highest BCUT2D eigenvalue weighted by atomic mass is 35.7. The molecular formula is C3H7Cl5N3OP3. The molecule has 15 heavy (non-hydrogen) atoms. The zero-order valence-corrected chi connectivity index (χ0v) is 14.0. The van der Waals surface area contributed by atoms with E-state index in [9.17, 15) is 0 Å². The van der Waals surface area contributed by atoms with E-state index in [0.717, 1.165) is 3.96 Å². The van der Waals surface area contributed by atoms with E-state index in [4.69, 9.17) is 61.8 Å². The van der Waals surface area contributed by atoms with Gasteiger partial charge < -0.3 is 4.52 Å². The van der Waals surface area contributed by atoms with Gasteiger partial charge in [-0.25, -0.2) is 0 Å². The molecule has 0 aromatic carbocycles. The minimum Gasteiger partial charge on any atom is -0.317 e. The molecule has 3 unspecified atom stereocenters. The van der Waals surface area contributed by atoms with E-state index in [1.54, 1.807) is 0 Å². The van der Waals surface area contributed by atoms with Crippen molar-refractivity contribution >= 4 is 79.2 Å². The fourth-order valence-corrected chi connectivity index (χ4v) is 12.3. The van der Waals surface area contributed by atoms with E-state index in [1.807, 2.05) is 13.8 Å². The average Bonchev–Trinajstić information content (AvgIpc) is 2.10. The van der Waals surface area contributed by atoms with Gasteiger partial charge in [0.15, 0.2) is 7.58 Å². The first-order valence-electron chi connectivity index (χ1n) is 3.62. The van der Waals surface area contributed by atoms with Crippen LogP contribution in [0.3, 0.4) is 0 Å². The molecule has 0 fully saturated rings. The third-order valence-corrected chi connectivity index (χ3v) is 14.1. The van der Waals surface area contributed by atoms with Crippen molar-refractivity contribution in [1.82, 2.24) is 7.92 Å². The van der Waals surface area contributed by atoms with E-state index < -0.39 is 21.9 Å². The van der Waals surface area contributed by atoms with E-state index in [-0.39, 0.29) is 6.10 Å². The summed E-state index contributed by atoms with van der Waals surface area (Å²) in [7, 11) is -2.98. The second kappa shape index (κ2) is 6.04. The van der Waals surface area contributed by atoms with E-state index >= 15 is 0 Å². The molecule has 0 aromatic rings. The van der Waals surface area contributed by atoms with Gasteiger partial charge in [0, 0.05) is 0 Å². The molecule has 0 spiro atoms. The highest BCUT2D eigenvalue weighted by Gasteiger charge is 2.44. The molecule has 1 aliphatic rings. The van der Waals surface area contributed by atoms with Crippen LogP contribution in [0.15, 0.2) is 4.52 Å². The molecule has 1 aliphatic heterocycles. The molecule has 0 saturated heterocycles. The van der Waals surface area contributed by atoms with Crippen molar-refractivity contribution in [2.24, 2.45) is 4.52 Å². The first-order chi connectivity index (χ1) is 6.78. The van der Waals surface area contributed by atoms with Crippen LogP contribution in [0.2, 0.25) is 0 Å². The van der Waals surface area contributed by atoms with Gasteiger partial charge in [0.1, 0.15) is 0 Å². The zero-order valence-electron chi connectivity index (χ0n) is 7.56. The predicted octanol–water partition coefficient (Wildman–Crippen LogP) is 6.45. The van der Waals surface area contributed by atoms with Crippen LogP contribution in [-0.4, -0.2) is 14.0 Å². The van der Waals surface area contributed by atoms with Gasteiger partial charge in [-0.3, -0.25) is 0 Å². The highest BCUT2D eigenvalue weighted by molar-refractivity contribution is 8.06. The van der Waals surface area contributed by atoms with Crippen molar-refractivity contribution in [2.75, 3.05) is 0 Å². The summed E-state index contributed by atoms with van der Waals surface area (Å²) in [4.78, 5) is 0. The Morgan fingerprint density at radius 1 is 1.33 bits per heavy atom. The van der Waals surface area contributed by atoms with Crippen molar-refractivity contribution in [2.45, 2.75) is 20.0 Å². The zero-order chi connectivity index (χ0) is 11.8. The maximum atomic E-state index is 6.17. The minimum absolute atomic E-state index is 0.122. The number of rotatable bonds is 2. The van der Waals surface area contributed by atoms with Crippen molar-refractivity contribution in [3.05, 3.63) is 0 Å². The van der Waals surface area contributed by atoms with Crippen LogP contribution < -0.4 is 0 Å². The summed E-state index contributed by atoms with van der Waals surface area (Å²) < 4.78 is 11.8. The molecule has 90 valence electrons. The molecule has 0 bridgehead atoms. The lowest BCUT2D eigenvalue weighted by atomic mass is 10.5. The van der Waals surface area contributed by atoms with Crippen molar-refractivity contribution in [3.8, 4) is 0 Å². The highest BCUT2D eigenvalue weighted by Crippen LogP contribution is 2.84. The van der Waals surface area contributed by atoms with Gasteiger partial charge in [0.05, 0.1) is 6.10 Å². The number of hydrogen-bond donors (Lipinski definition) is 0. The third kappa shape index (κ3) is 3.69. The number of halogens is 5. The molecule has 0 aliphatic carbocycles. The Morgan fingerprint density at radius 3 is 2.33 bits per heavy atom. The maximum absolute atomic E-state index is 6.17. The van der Waals surface area contributed by atoms with Gasteiger partial charge in [-0.1, -0.05) is 15.2 Å². The Kier molecular flexibility index (Phi) is 6.23. The molecular weight excluding hydrogens is 364 g/mol. The Labute approximate surface area is 116 Å². The molecule has 0 amide bonds. The second-order valence-corrected chi connectivity index (χ2v) is 12.5. The predicted molar refractivity (Wildman–Crippen MR) is 72.4 cm³/mol. The lowest BCUT2D eigenvalue weighted by Gasteiger charge is -2.36. The smallest absolute Gasteiger partial charge is 0.272 e. The van der Waals surface area contributed by atoms with Gasteiger partial charge in [0.25, 0.3) is 6.78 Å². The first kappa shape index (κ1) is 15.5. The molecule has 1 rings (SSSR count). The van der Waals surface area contributed by atoms with E-state index in [2.05, 4.69) is 4.52 Å². The van der Waals surface area contributed by atoms with Gasteiger partial charge in [-0.15, -0.1) is 3.96 Å². The largest absolute Gasteiger partial charge is 0.317 e. The molecule has 0 aromatic heterocycles. The van der Waals surface area contributed by atoms with Crippen molar-refractivity contribution in [1.29, 1.82) is 0 Å². The molecule has 4 nitrogen and oxygen atoms in total. The third-order valence-electron chi connectivity index (χ3n) is 1.14. The molecule has 0 N–H and O–H groups in total. The summed E-state index contributed by atoms with van der Waals surface area (Å²) >= 11 is 29.8. The average molecular weight is 371 g/mol. The molecule has 1 heterocycles. The summed E-state index contributed by atoms with van der Waals surface area (Å²) in [5.41, 5.74) is 0. The summed E-state index contributed by atoms with van der Waals surface area (Å²) in [6.07, 6.45) is -0.122. The Hall–Kier alpha value is 2.42. The van der Waals surface area contributed by atoms with Gasteiger partial charge in [-0.05, 0) is 59.9 Å². The van der Waals surface area contributed by atoms with Crippen LogP contribution in [0.4, 0.5) is 0 Å². The summed E-state index contributed by atoms with van der Waals surface area (Å²) in [5, 5.41) is 0. The Balaban J connectivity index is 3.01. The van der Waals surface area contributed by atoms with Crippen LogP contribution in [0.5, 0.6) is 0 Å². The van der Waals surface area contributed by atoms with Crippen LogP contribution in [-0.2, 0) is 4.52 Å². The first-order valence-corrected chi connectivity index (χ1v) is 11.1. The van der Waals surface area contributed by atoms with E-state index in [0.29, 0.717) is 0 Å². The van der Waals surface area contributed by atoms with Crippen LogP contribution >= 0.6 is 79.2 Å².